The van der Waals surface area contributed by atoms with Gasteiger partial charge in [0.2, 0.25) is 5.91 Å². The second-order valence-electron chi connectivity index (χ2n) is 5.94. The molecule has 0 atom stereocenters. The Bertz CT molecular complexity index is 1160. The van der Waals surface area contributed by atoms with Gasteiger partial charge in [0.15, 0.2) is 4.96 Å². The van der Waals surface area contributed by atoms with Gasteiger partial charge in [0.25, 0.3) is 5.69 Å². The minimum absolute atomic E-state index is 0.00972. The van der Waals surface area contributed by atoms with Crippen LogP contribution in [0.25, 0.3) is 22.3 Å². The molecule has 7 nitrogen and oxygen atoms in total. The minimum atomic E-state index is -0.461. The molecule has 1 N–H and O–H groups in total. The fraction of sp³-hybridized carbons (Fsp3) is 0. The third kappa shape index (κ3) is 3.67. The normalized spacial score (nSPS) is 11.1. The fourth-order valence-electron chi connectivity index (χ4n) is 2.73. The van der Waals surface area contributed by atoms with Gasteiger partial charge in [0.05, 0.1) is 16.3 Å². The van der Waals surface area contributed by atoms with E-state index in [0.717, 1.165) is 16.2 Å². The molecule has 0 radical (unpaired) electrons. The highest BCUT2D eigenvalue weighted by molar-refractivity contribution is 7.15. The maximum Gasteiger partial charge on any atom is 0.269 e. The van der Waals surface area contributed by atoms with Crippen LogP contribution in [0.1, 0.15) is 5.56 Å². The topological polar surface area (TPSA) is 89.5 Å². The van der Waals surface area contributed by atoms with E-state index in [1.165, 1.54) is 18.2 Å². The fourth-order valence-corrected chi connectivity index (χ4v) is 3.43. The molecule has 0 aliphatic carbocycles. The van der Waals surface area contributed by atoms with Gasteiger partial charge in [-0.25, -0.2) is 4.98 Å². The molecule has 2 aromatic carbocycles. The zero-order chi connectivity index (χ0) is 19.5. The Labute approximate surface area is 163 Å². The number of amides is 1. The number of nitrogens with one attached hydrogen (secondary N) is 1. The number of carbonyl (C=O) groups is 1. The van der Waals surface area contributed by atoms with Crippen molar-refractivity contribution < 1.29 is 9.72 Å². The zero-order valence-electron chi connectivity index (χ0n) is 14.5. The molecule has 0 saturated heterocycles. The number of benzene rings is 2. The highest BCUT2D eigenvalue weighted by Crippen LogP contribution is 2.28. The van der Waals surface area contributed by atoms with Crippen molar-refractivity contribution >= 4 is 39.7 Å². The number of aromatic nitrogens is 2. The quantitative estimate of drug-likeness (QED) is 0.306. The number of para-hydroxylation sites is 1. The first-order valence-corrected chi connectivity index (χ1v) is 9.23. The molecule has 28 heavy (non-hydrogen) atoms. The lowest BCUT2D eigenvalue weighted by atomic mass is 10.1. The molecular formula is C20H14N4O3S. The van der Waals surface area contributed by atoms with Gasteiger partial charge in [-0.3, -0.25) is 19.3 Å². The molecule has 0 spiro atoms. The standard InChI is InChI=1S/C20H14N4O3S/c25-19(10-7-14-5-8-15(9-6-14)24(26)27)21-17-4-2-1-3-16(17)18-13-23-11-12-28-20(23)22-18/h1-13H,(H,21,25)/b10-7+. The van der Waals surface area contributed by atoms with E-state index in [4.69, 9.17) is 0 Å². The van der Waals surface area contributed by atoms with Crippen LogP contribution in [0.5, 0.6) is 0 Å². The van der Waals surface area contributed by atoms with E-state index in [-0.39, 0.29) is 11.6 Å². The van der Waals surface area contributed by atoms with E-state index < -0.39 is 4.92 Å². The summed E-state index contributed by atoms with van der Waals surface area (Å²) in [5.41, 5.74) is 2.98. The molecule has 0 aliphatic rings. The van der Waals surface area contributed by atoms with Crippen molar-refractivity contribution in [1.29, 1.82) is 0 Å². The number of nitro benzene ring substituents is 1. The predicted molar refractivity (Wildman–Crippen MR) is 109 cm³/mol. The number of nitro groups is 1. The van der Waals surface area contributed by atoms with Crippen molar-refractivity contribution in [3.63, 3.8) is 0 Å². The second-order valence-corrected chi connectivity index (χ2v) is 6.81. The lowest BCUT2D eigenvalue weighted by Crippen LogP contribution is -2.08. The Morgan fingerprint density at radius 1 is 1.18 bits per heavy atom. The summed E-state index contributed by atoms with van der Waals surface area (Å²) in [4.78, 5) is 28.0. The van der Waals surface area contributed by atoms with Crippen LogP contribution in [0.4, 0.5) is 11.4 Å². The van der Waals surface area contributed by atoms with Gasteiger partial charge in [-0.05, 0) is 29.8 Å². The second kappa shape index (κ2) is 7.45. The number of rotatable bonds is 5. The predicted octanol–water partition coefficient (Wildman–Crippen LogP) is 4.62. The van der Waals surface area contributed by atoms with Crippen molar-refractivity contribution in [1.82, 2.24) is 9.38 Å². The third-order valence-electron chi connectivity index (χ3n) is 4.09. The average molecular weight is 390 g/mol. The molecule has 138 valence electrons. The summed E-state index contributed by atoms with van der Waals surface area (Å²) in [7, 11) is 0. The van der Waals surface area contributed by atoms with Crippen LogP contribution in [0.3, 0.4) is 0 Å². The van der Waals surface area contributed by atoms with E-state index in [9.17, 15) is 14.9 Å². The molecule has 4 aromatic rings. The minimum Gasteiger partial charge on any atom is -0.322 e. The van der Waals surface area contributed by atoms with Crippen LogP contribution in [0.2, 0.25) is 0 Å². The van der Waals surface area contributed by atoms with E-state index in [1.54, 1.807) is 29.5 Å². The first kappa shape index (κ1) is 17.6. The molecule has 0 aliphatic heterocycles. The molecule has 0 bridgehead atoms. The Balaban J connectivity index is 1.52. The zero-order valence-corrected chi connectivity index (χ0v) is 15.3. The van der Waals surface area contributed by atoms with Gasteiger partial charge < -0.3 is 5.32 Å². The highest BCUT2D eigenvalue weighted by atomic mass is 32.1. The smallest absolute Gasteiger partial charge is 0.269 e. The number of anilines is 1. The highest BCUT2D eigenvalue weighted by Gasteiger charge is 2.11. The summed E-state index contributed by atoms with van der Waals surface area (Å²) in [6.07, 6.45) is 6.85. The first-order chi connectivity index (χ1) is 13.6. The van der Waals surface area contributed by atoms with Crippen molar-refractivity contribution in [2.75, 3.05) is 5.32 Å². The number of thiazole rings is 1. The van der Waals surface area contributed by atoms with E-state index >= 15 is 0 Å². The molecule has 0 saturated carbocycles. The maximum absolute atomic E-state index is 12.3. The lowest BCUT2D eigenvalue weighted by Gasteiger charge is -2.07. The molecule has 1 amide bonds. The van der Waals surface area contributed by atoms with Crippen LogP contribution >= 0.6 is 11.3 Å². The number of hydrogen-bond acceptors (Lipinski definition) is 5. The van der Waals surface area contributed by atoms with Crippen LogP contribution < -0.4 is 5.32 Å². The van der Waals surface area contributed by atoms with Crippen molar-refractivity contribution in [2.24, 2.45) is 0 Å². The van der Waals surface area contributed by atoms with Crippen molar-refractivity contribution in [3.8, 4) is 11.3 Å². The number of fused-ring (bicyclic) bond motifs is 1. The molecular weight excluding hydrogens is 376 g/mol. The summed E-state index contributed by atoms with van der Waals surface area (Å²) in [6.45, 7) is 0. The van der Waals surface area contributed by atoms with Gasteiger partial charge in [0, 0.05) is 41.5 Å². The Kier molecular flexibility index (Phi) is 4.69. The van der Waals surface area contributed by atoms with E-state index in [0.29, 0.717) is 11.3 Å². The summed E-state index contributed by atoms with van der Waals surface area (Å²) in [6, 6.07) is 13.4. The summed E-state index contributed by atoms with van der Waals surface area (Å²) >= 11 is 1.54. The summed E-state index contributed by atoms with van der Waals surface area (Å²) < 4.78 is 1.94. The largest absolute Gasteiger partial charge is 0.322 e. The molecule has 2 heterocycles. The molecule has 2 aromatic heterocycles. The summed E-state index contributed by atoms with van der Waals surface area (Å²) in [5.74, 6) is -0.299. The number of nitrogens with zero attached hydrogens (tertiary/aromatic N) is 3. The molecule has 0 fully saturated rings. The van der Waals surface area contributed by atoms with E-state index in [1.807, 2.05) is 46.4 Å². The third-order valence-corrected chi connectivity index (χ3v) is 4.86. The average Bonchev–Trinajstić information content (AvgIpc) is 3.29. The van der Waals surface area contributed by atoms with Crippen molar-refractivity contribution in [2.45, 2.75) is 0 Å². The first-order valence-electron chi connectivity index (χ1n) is 8.35. The number of imidazole rings is 1. The van der Waals surface area contributed by atoms with Gasteiger partial charge in [0.1, 0.15) is 0 Å². The number of hydrogen-bond donors (Lipinski definition) is 1. The Morgan fingerprint density at radius 2 is 1.96 bits per heavy atom. The monoisotopic (exact) mass is 390 g/mol. The Morgan fingerprint density at radius 3 is 2.71 bits per heavy atom. The number of carbonyl (C=O) groups excluding carboxylic acids is 1. The lowest BCUT2D eigenvalue weighted by molar-refractivity contribution is -0.384. The van der Waals surface area contributed by atoms with Crippen molar-refractivity contribution in [3.05, 3.63) is 88.1 Å². The van der Waals surface area contributed by atoms with Crippen LogP contribution in [-0.2, 0) is 4.79 Å². The van der Waals surface area contributed by atoms with Gasteiger partial charge in [-0.2, -0.15) is 0 Å². The molecule has 8 heteroatoms. The van der Waals surface area contributed by atoms with E-state index in [2.05, 4.69) is 10.3 Å². The van der Waals surface area contributed by atoms with Gasteiger partial charge in [-0.1, -0.05) is 18.2 Å². The van der Waals surface area contributed by atoms with Gasteiger partial charge in [-0.15, -0.1) is 11.3 Å². The Hall–Kier alpha value is -3.78. The van der Waals surface area contributed by atoms with Crippen LogP contribution in [-0.4, -0.2) is 20.2 Å². The maximum atomic E-state index is 12.3. The SMILES string of the molecule is O=C(/C=C/c1ccc([N+](=O)[O-])cc1)Nc1ccccc1-c1cn2ccsc2n1. The van der Waals surface area contributed by atoms with Crippen LogP contribution in [0, 0.1) is 10.1 Å². The summed E-state index contributed by atoms with van der Waals surface area (Å²) in [5, 5.41) is 15.5. The molecule has 4 rings (SSSR count). The number of non-ortho nitro benzene ring substituents is 1. The van der Waals surface area contributed by atoms with Gasteiger partial charge >= 0.3 is 0 Å². The van der Waals surface area contributed by atoms with Crippen LogP contribution in [0.15, 0.2) is 72.4 Å². The molecule has 0 unspecified atom stereocenters.